The Balaban J connectivity index is 0.00000480. The Morgan fingerprint density at radius 3 is 2.32 bits per heavy atom. The summed E-state index contributed by atoms with van der Waals surface area (Å²) < 4.78 is 51.5. The number of nitrogens with zero attached hydrogens (tertiary/aromatic N) is 1. The zero-order valence-electron chi connectivity index (χ0n) is 16.9. The first-order valence-electron chi connectivity index (χ1n) is 9.47. The van der Waals surface area contributed by atoms with Crippen LogP contribution in [0.2, 0.25) is 0 Å². The van der Waals surface area contributed by atoms with Gasteiger partial charge in [-0.1, -0.05) is 24.3 Å². The maximum absolute atomic E-state index is 13.1. The molecule has 0 aliphatic rings. The highest BCUT2D eigenvalue weighted by Gasteiger charge is 2.30. The fraction of sp³-hybridized carbons (Fsp3) is 0.333. The zero-order valence-corrected chi connectivity index (χ0v) is 19.3. The number of aliphatic imine (C=N–C) groups is 1. The van der Waals surface area contributed by atoms with Crippen molar-refractivity contribution in [3.05, 3.63) is 71.0 Å². The molecule has 10 heteroatoms. The van der Waals surface area contributed by atoms with E-state index >= 15 is 0 Å². The minimum Gasteiger partial charge on any atom is -0.357 e. The second-order valence-corrected chi connectivity index (χ2v) is 6.48. The molecule has 1 amide bonds. The molecule has 2 aromatic carbocycles. The van der Waals surface area contributed by atoms with Crippen molar-refractivity contribution < 1.29 is 22.4 Å². The quantitative estimate of drug-likeness (QED) is 0.153. The van der Waals surface area contributed by atoms with E-state index in [-0.39, 0.29) is 42.8 Å². The van der Waals surface area contributed by atoms with Crippen molar-refractivity contribution in [2.75, 3.05) is 19.6 Å². The summed E-state index contributed by atoms with van der Waals surface area (Å²) in [5, 5.41) is 8.71. The number of benzene rings is 2. The number of carbonyl (C=O) groups is 1. The second kappa shape index (κ2) is 13.1. The number of nitrogens with one attached hydrogen (secondary N) is 3. The van der Waals surface area contributed by atoms with Gasteiger partial charge < -0.3 is 16.0 Å². The Morgan fingerprint density at radius 2 is 1.65 bits per heavy atom. The van der Waals surface area contributed by atoms with Gasteiger partial charge in [0.2, 0.25) is 5.91 Å². The Labute approximate surface area is 195 Å². The van der Waals surface area contributed by atoms with E-state index in [4.69, 9.17) is 0 Å². The van der Waals surface area contributed by atoms with E-state index in [9.17, 15) is 22.4 Å². The summed E-state index contributed by atoms with van der Waals surface area (Å²) in [5.41, 5.74) is 0.302. The number of hydrogen-bond donors (Lipinski definition) is 3. The SMILES string of the molecule is CCNC(=NCc1cccc(C(F)(F)F)c1)NCCNC(=O)Cc1cccc(F)c1.I. The molecule has 0 aliphatic carbocycles. The fourth-order valence-electron chi connectivity index (χ4n) is 2.64. The molecule has 0 saturated heterocycles. The van der Waals surface area contributed by atoms with Crippen LogP contribution in [0.1, 0.15) is 23.6 Å². The Hall–Kier alpha value is -2.37. The van der Waals surface area contributed by atoms with Crippen molar-refractivity contribution in [3.8, 4) is 0 Å². The summed E-state index contributed by atoms with van der Waals surface area (Å²) in [5.74, 6) is -0.211. The van der Waals surface area contributed by atoms with Gasteiger partial charge in [0.25, 0.3) is 0 Å². The molecule has 0 radical (unpaired) electrons. The van der Waals surface area contributed by atoms with Crippen LogP contribution in [0.25, 0.3) is 0 Å². The first-order chi connectivity index (χ1) is 14.3. The fourth-order valence-corrected chi connectivity index (χ4v) is 2.64. The van der Waals surface area contributed by atoms with Crippen LogP contribution < -0.4 is 16.0 Å². The third-order valence-electron chi connectivity index (χ3n) is 4.01. The van der Waals surface area contributed by atoms with E-state index < -0.39 is 17.6 Å². The number of hydrogen-bond acceptors (Lipinski definition) is 2. The van der Waals surface area contributed by atoms with E-state index in [0.717, 1.165) is 12.1 Å². The molecule has 0 atom stereocenters. The third-order valence-corrected chi connectivity index (χ3v) is 4.01. The van der Waals surface area contributed by atoms with Crippen LogP contribution in [0, 0.1) is 5.82 Å². The second-order valence-electron chi connectivity index (χ2n) is 6.48. The smallest absolute Gasteiger partial charge is 0.357 e. The van der Waals surface area contributed by atoms with Crippen molar-refractivity contribution in [2.45, 2.75) is 26.1 Å². The van der Waals surface area contributed by atoms with Crippen LogP contribution in [0.3, 0.4) is 0 Å². The van der Waals surface area contributed by atoms with Gasteiger partial charge >= 0.3 is 6.18 Å². The number of amides is 1. The van der Waals surface area contributed by atoms with Crippen LogP contribution in [0.15, 0.2) is 53.5 Å². The Kier molecular flexibility index (Phi) is 11.3. The Bertz CT molecular complexity index is 874. The summed E-state index contributed by atoms with van der Waals surface area (Å²) in [7, 11) is 0. The maximum atomic E-state index is 13.1. The number of rotatable bonds is 8. The highest BCUT2D eigenvalue weighted by Crippen LogP contribution is 2.29. The third kappa shape index (κ3) is 9.99. The van der Waals surface area contributed by atoms with Crippen LogP contribution in [0.5, 0.6) is 0 Å². The van der Waals surface area contributed by atoms with E-state index in [1.165, 1.54) is 18.2 Å². The molecule has 0 aliphatic heterocycles. The molecule has 0 spiro atoms. The number of alkyl halides is 3. The van der Waals surface area contributed by atoms with Crippen molar-refractivity contribution in [1.82, 2.24) is 16.0 Å². The predicted octanol–water partition coefficient (Wildman–Crippen LogP) is 3.88. The summed E-state index contributed by atoms with van der Waals surface area (Å²) in [6, 6.07) is 10.8. The lowest BCUT2D eigenvalue weighted by atomic mass is 10.1. The van der Waals surface area contributed by atoms with Gasteiger partial charge in [0.05, 0.1) is 18.5 Å². The molecule has 2 rings (SSSR count). The first kappa shape index (κ1) is 26.7. The van der Waals surface area contributed by atoms with Crippen LogP contribution in [-0.2, 0) is 23.9 Å². The summed E-state index contributed by atoms with van der Waals surface area (Å²) in [6.07, 6.45) is -4.33. The van der Waals surface area contributed by atoms with Crippen molar-refractivity contribution in [2.24, 2.45) is 4.99 Å². The molecule has 3 N–H and O–H groups in total. The molecular formula is C21H25F4IN4O. The molecule has 0 aromatic heterocycles. The normalized spacial score (nSPS) is 11.5. The van der Waals surface area contributed by atoms with E-state index in [0.29, 0.717) is 36.7 Å². The average molecular weight is 552 g/mol. The Morgan fingerprint density at radius 1 is 0.968 bits per heavy atom. The van der Waals surface area contributed by atoms with Gasteiger partial charge in [-0.05, 0) is 42.3 Å². The van der Waals surface area contributed by atoms with Gasteiger partial charge in [0.15, 0.2) is 5.96 Å². The van der Waals surface area contributed by atoms with Crippen molar-refractivity contribution >= 4 is 35.8 Å². The lowest BCUT2D eigenvalue weighted by Gasteiger charge is -2.12. The summed E-state index contributed by atoms with van der Waals surface area (Å²) >= 11 is 0. The lowest BCUT2D eigenvalue weighted by Crippen LogP contribution is -2.41. The first-order valence-corrected chi connectivity index (χ1v) is 9.47. The van der Waals surface area contributed by atoms with Gasteiger partial charge in [-0.2, -0.15) is 13.2 Å². The molecule has 0 bridgehead atoms. The van der Waals surface area contributed by atoms with Crippen LogP contribution >= 0.6 is 24.0 Å². The standard InChI is InChI=1S/C21H24F4N4O.HI/c1-2-26-20(29-14-16-6-3-7-17(11-16)21(23,24)25)28-10-9-27-19(30)13-15-5-4-8-18(22)12-15;/h3-8,11-12H,2,9-10,13-14H2,1H3,(H,27,30)(H2,26,28,29);1H. The molecule has 170 valence electrons. The number of guanidine groups is 1. The molecule has 0 heterocycles. The highest BCUT2D eigenvalue weighted by molar-refractivity contribution is 14.0. The minimum atomic E-state index is -4.40. The summed E-state index contributed by atoms with van der Waals surface area (Å²) in [4.78, 5) is 16.2. The van der Waals surface area contributed by atoms with Crippen LogP contribution in [-0.4, -0.2) is 31.5 Å². The van der Waals surface area contributed by atoms with Crippen molar-refractivity contribution in [1.29, 1.82) is 0 Å². The molecule has 0 unspecified atom stereocenters. The van der Waals surface area contributed by atoms with Gasteiger partial charge in [-0.15, -0.1) is 24.0 Å². The lowest BCUT2D eigenvalue weighted by molar-refractivity contribution is -0.137. The van der Waals surface area contributed by atoms with E-state index in [2.05, 4.69) is 20.9 Å². The largest absolute Gasteiger partial charge is 0.416 e. The van der Waals surface area contributed by atoms with Gasteiger partial charge in [-0.3, -0.25) is 4.79 Å². The zero-order chi connectivity index (χ0) is 22.0. The average Bonchev–Trinajstić information content (AvgIpc) is 2.69. The minimum absolute atomic E-state index is 0. The maximum Gasteiger partial charge on any atom is 0.416 e. The van der Waals surface area contributed by atoms with E-state index in [1.807, 2.05) is 6.92 Å². The molecular weight excluding hydrogens is 527 g/mol. The molecule has 0 saturated carbocycles. The number of halogens is 5. The van der Waals surface area contributed by atoms with Gasteiger partial charge in [0, 0.05) is 19.6 Å². The highest BCUT2D eigenvalue weighted by atomic mass is 127. The van der Waals surface area contributed by atoms with E-state index in [1.54, 1.807) is 18.2 Å². The number of carbonyl (C=O) groups excluding carboxylic acids is 1. The molecule has 2 aromatic rings. The molecule has 5 nitrogen and oxygen atoms in total. The topological polar surface area (TPSA) is 65.5 Å². The predicted molar refractivity (Wildman–Crippen MR) is 123 cm³/mol. The summed E-state index contributed by atoms with van der Waals surface area (Å²) in [6.45, 7) is 3.18. The molecule has 31 heavy (non-hydrogen) atoms. The van der Waals surface area contributed by atoms with Gasteiger partial charge in [0.1, 0.15) is 5.82 Å². The monoisotopic (exact) mass is 552 g/mol. The van der Waals surface area contributed by atoms with Crippen LogP contribution in [0.4, 0.5) is 17.6 Å². The molecule has 0 fully saturated rings. The van der Waals surface area contributed by atoms with Crippen molar-refractivity contribution in [3.63, 3.8) is 0 Å². The van der Waals surface area contributed by atoms with Gasteiger partial charge in [-0.25, -0.2) is 9.38 Å².